The lowest BCUT2D eigenvalue weighted by Gasteiger charge is -2.16. The molecule has 2 saturated heterocycles. The highest BCUT2D eigenvalue weighted by molar-refractivity contribution is 5.61. The Labute approximate surface area is 136 Å². The van der Waals surface area contributed by atoms with Gasteiger partial charge in [-0.05, 0) is 43.2 Å². The standard InChI is InChI=1S/C8H13NO.C6H11NO.2C2H6/c1-8(2)5-3-9-6(4-10)7(5)8;8-5-6-2-1-3-7-4-6;2*1-2/h4-7,9H,3H2,1-2H3;5-7H,1-4H2;2*1-2H3/t5?,6-,7?;6-;;/m11../s1. The summed E-state index contributed by atoms with van der Waals surface area (Å²) in [6.45, 7) is 15.5. The zero-order valence-electron chi connectivity index (χ0n) is 15.3. The molecule has 3 aliphatic rings. The van der Waals surface area contributed by atoms with Crippen LogP contribution in [-0.2, 0) is 9.59 Å². The molecule has 1 saturated carbocycles. The summed E-state index contributed by atoms with van der Waals surface area (Å²) >= 11 is 0. The summed E-state index contributed by atoms with van der Waals surface area (Å²) in [5, 5.41) is 6.35. The second-order valence-corrected chi connectivity index (χ2v) is 6.27. The molecule has 3 rings (SSSR count). The third kappa shape index (κ3) is 5.47. The van der Waals surface area contributed by atoms with Crippen LogP contribution in [0, 0.1) is 23.2 Å². The van der Waals surface area contributed by atoms with Gasteiger partial charge in [-0.15, -0.1) is 0 Å². The van der Waals surface area contributed by atoms with Gasteiger partial charge in [0.2, 0.25) is 0 Å². The number of aldehydes is 2. The molecule has 0 aromatic carbocycles. The molecular weight excluding hydrogens is 276 g/mol. The van der Waals surface area contributed by atoms with Crippen molar-refractivity contribution in [1.29, 1.82) is 0 Å². The van der Waals surface area contributed by atoms with E-state index in [1.807, 2.05) is 27.7 Å². The highest BCUT2D eigenvalue weighted by atomic mass is 16.1. The average Bonchev–Trinajstić information content (AvgIpc) is 2.96. The van der Waals surface area contributed by atoms with E-state index in [4.69, 9.17) is 0 Å². The number of carbonyl (C=O) groups excluding carboxylic acids is 2. The quantitative estimate of drug-likeness (QED) is 0.770. The molecule has 0 aromatic rings. The number of hydrogen-bond donors (Lipinski definition) is 2. The molecule has 4 atom stereocenters. The summed E-state index contributed by atoms with van der Waals surface area (Å²) in [5.74, 6) is 1.69. The summed E-state index contributed by atoms with van der Waals surface area (Å²) in [7, 11) is 0. The maximum absolute atomic E-state index is 10.5. The van der Waals surface area contributed by atoms with Crippen molar-refractivity contribution < 1.29 is 9.59 Å². The molecule has 2 N–H and O–H groups in total. The van der Waals surface area contributed by atoms with E-state index in [2.05, 4.69) is 24.5 Å². The molecule has 4 nitrogen and oxygen atoms in total. The van der Waals surface area contributed by atoms with Crippen LogP contribution in [0.5, 0.6) is 0 Å². The highest BCUT2D eigenvalue weighted by Crippen LogP contribution is 2.61. The maximum atomic E-state index is 10.5. The Morgan fingerprint density at radius 3 is 1.91 bits per heavy atom. The number of fused-ring (bicyclic) bond motifs is 1. The summed E-state index contributed by atoms with van der Waals surface area (Å²) < 4.78 is 0. The number of rotatable bonds is 2. The van der Waals surface area contributed by atoms with E-state index in [-0.39, 0.29) is 6.04 Å². The van der Waals surface area contributed by atoms with Crippen LogP contribution < -0.4 is 10.6 Å². The molecule has 22 heavy (non-hydrogen) atoms. The molecule has 0 spiro atoms. The van der Waals surface area contributed by atoms with Crippen LogP contribution in [-0.4, -0.2) is 38.2 Å². The summed E-state index contributed by atoms with van der Waals surface area (Å²) in [6, 6.07) is 0.153. The van der Waals surface area contributed by atoms with Crippen molar-refractivity contribution in [3.8, 4) is 0 Å². The van der Waals surface area contributed by atoms with Crippen molar-refractivity contribution >= 4 is 12.6 Å². The molecular formula is C18H36N2O2. The van der Waals surface area contributed by atoms with Gasteiger partial charge >= 0.3 is 0 Å². The molecule has 0 radical (unpaired) electrons. The van der Waals surface area contributed by atoms with Gasteiger partial charge in [-0.1, -0.05) is 41.5 Å². The maximum Gasteiger partial charge on any atom is 0.137 e. The molecule has 0 bridgehead atoms. The number of carbonyl (C=O) groups is 2. The molecule has 0 amide bonds. The van der Waals surface area contributed by atoms with Gasteiger partial charge in [0.05, 0.1) is 6.04 Å². The largest absolute Gasteiger partial charge is 0.316 e. The SMILES string of the molecule is CC.CC.CC1(C)C2CN[C@H](C=O)C21.O=C[C@@H]1CCCNC1. The molecule has 1 aliphatic carbocycles. The van der Waals surface area contributed by atoms with Crippen LogP contribution in [0.25, 0.3) is 0 Å². The molecule has 2 unspecified atom stereocenters. The minimum atomic E-state index is 0.153. The smallest absolute Gasteiger partial charge is 0.137 e. The van der Waals surface area contributed by atoms with Gasteiger partial charge in [0.1, 0.15) is 12.6 Å². The van der Waals surface area contributed by atoms with Crippen molar-refractivity contribution in [2.75, 3.05) is 19.6 Å². The monoisotopic (exact) mass is 312 g/mol. The predicted molar refractivity (Wildman–Crippen MR) is 93.0 cm³/mol. The third-order valence-electron chi connectivity index (χ3n) is 4.77. The first-order valence-corrected chi connectivity index (χ1v) is 8.96. The summed E-state index contributed by atoms with van der Waals surface area (Å²) in [5.41, 5.74) is 0.441. The molecule has 3 fully saturated rings. The fourth-order valence-corrected chi connectivity index (χ4v) is 3.41. The summed E-state index contributed by atoms with van der Waals surface area (Å²) in [4.78, 5) is 20.6. The van der Waals surface area contributed by atoms with E-state index in [1.165, 1.54) is 0 Å². The Bertz CT molecular complexity index is 312. The average molecular weight is 312 g/mol. The van der Waals surface area contributed by atoms with Gasteiger partial charge in [-0.3, -0.25) is 0 Å². The molecule has 0 aromatic heterocycles. The van der Waals surface area contributed by atoms with Gasteiger partial charge in [-0.25, -0.2) is 0 Å². The van der Waals surface area contributed by atoms with Crippen molar-refractivity contribution in [1.82, 2.24) is 10.6 Å². The first-order chi connectivity index (χ1) is 10.6. The lowest BCUT2D eigenvalue weighted by atomic mass is 10.0. The third-order valence-corrected chi connectivity index (χ3v) is 4.77. The van der Waals surface area contributed by atoms with E-state index in [1.54, 1.807) is 0 Å². The second-order valence-electron chi connectivity index (χ2n) is 6.27. The van der Waals surface area contributed by atoms with Crippen LogP contribution in [0.4, 0.5) is 0 Å². The number of piperidine rings is 2. The molecule has 4 heteroatoms. The fraction of sp³-hybridized carbons (Fsp3) is 0.889. The lowest BCUT2D eigenvalue weighted by molar-refractivity contribution is -0.111. The van der Waals surface area contributed by atoms with Crippen molar-refractivity contribution in [2.24, 2.45) is 23.2 Å². The van der Waals surface area contributed by atoms with E-state index in [9.17, 15) is 9.59 Å². The van der Waals surface area contributed by atoms with Crippen LogP contribution in [0.15, 0.2) is 0 Å². The van der Waals surface area contributed by atoms with Gasteiger partial charge in [-0.2, -0.15) is 0 Å². The number of nitrogens with one attached hydrogen (secondary N) is 2. The first-order valence-electron chi connectivity index (χ1n) is 8.96. The topological polar surface area (TPSA) is 58.2 Å². The van der Waals surface area contributed by atoms with E-state index in [0.717, 1.165) is 51.0 Å². The Morgan fingerprint density at radius 1 is 1.00 bits per heavy atom. The zero-order chi connectivity index (χ0) is 17.2. The Hall–Kier alpha value is -0.740. The van der Waals surface area contributed by atoms with Gasteiger partial charge < -0.3 is 20.2 Å². The van der Waals surface area contributed by atoms with Crippen LogP contribution in [0.3, 0.4) is 0 Å². The zero-order valence-corrected chi connectivity index (χ0v) is 15.3. The van der Waals surface area contributed by atoms with E-state index in [0.29, 0.717) is 17.3 Å². The Balaban J connectivity index is 0.000000333. The normalized spacial score (nSPS) is 33.4. The Morgan fingerprint density at radius 2 is 1.64 bits per heavy atom. The first kappa shape index (κ1) is 21.3. The summed E-state index contributed by atoms with van der Waals surface area (Å²) in [6.07, 6.45) is 4.34. The van der Waals surface area contributed by atoms with E-state index >= 15 is 0 Å². The second kappa shape index (κ2) is 10.9. The highest BCUT2D eigenvalue weighted by Gasteiger charge is 2.63. The van der Waals surface area contributed by atoms with Crippen LogP contribution in [0.1, 0.15) is 54.4 Å². The lowest BCUT2D eigenvalue weighted by Crippen LogP contribution is -2.31. The minimum absolute atomic E-state index is 0.153. The van der Waals surface area contributed by atoms with Gasteiger partial charge in [0.25, 0.3) is 0 Å². The van der Waals surface area contributed by atoms with Crippen LogP contribution >= 0.6 is 0 Å². The Kier molecular flexibility index (Phi) is 10.5. The van der Waals surface area contributed by atoms with Gasteiger partial charge in [0, 0.05) is 12.5 Å². The fourth-order valence-electron chi connectivity index (χ4n) is 3.41. The van der Waals surface area contributed by atoms with Crippen LogP contribution in [0.2, 0.25) is 0 Å². The molecule has 2 heterocycles. The number of hydrogen-bond acceptors (Lipinski definition) is 4. The molecule has 2 aliphatic heterocycles. The van der Waals surface area contributed by atoms with E-state index < -0.39 is 0 Å². The predicted octanol–water partition coefficient (Wildman–Crippen LogP) is 2.67. The van der Waals surface area contributed by atoms with Crippen molar-refractivity contribution in [3.63, 3.8) is 0 Å². The van der Waals surface area contributed by atoms with Crippen molar-refractivity contribution in [3.05, 3.63) is 0 Å². The molecule has 130 valence electrons. The van der Waals surface area contributed by atoms with Crippen molar-refractivity contribution in [2.45, 2.75) is 60.4 Å². The minimum Gasteiger partial charge on any atom is -0.316 e. The van der Waals surface area contributed by atoms with Gasteiger partial charge in [0.15, 0.2) is 0 Å².